The fourth-order valence-corrected chi connectivity index (χ4v) is 2.42. The minimum atomic E-state index is -0.322. The molecule has 0 aliphatic carbocycles. The highest BCUT2D eigenvalue weighted by Gasteiger charge is 2.31. The van der Waals surface area contributed by atoms with Crippen LogP contribution in [0.2, 0.25) is 0 Å². The molecule has 0 bridgehead atoms. The van der Waals surface area contributed by atoms with Gasteiger partial charge in [0, 0.05) is 12.6 Å². The van der Waals surface area contributed by atoms with Crippen LogP contribution in [0.1, 0.15) is 13.3 Å². The predicted molar refractivity (Wildman–Crippen MR) is 70.2 cm³/mol. The van der Waals surface area contributed by atoms with Gasteiger partial charge in [0.1, 0.15) is 11.6 Å². The summed E-state index contributed by atoms with van der Waals surface area (Å²) >= 11 is 0. The standard InChI is InChI=1S/C14H19FN2O2/c1-10-6-11(7-16)8-17(10)14(18)9-19-13-4-2-12(15)3-5-13/h2-5,10-11H,6-9,16H2,1H3. The Labute approximate surface area is 112 Å². The van der Waals surface area contributed by atoms with Gasteiger partial charge in [0.25, 0.3) is 5.91 Å². The molecule has 2 atom stereocenters. The van der Waals surface area contributed by atoms with Crippen molar-refractivity contribution >= 4 is 5.91 Å². The SMILES string of the molecule is CC1CC(CN)CN1C(=O)COc1ccc(F)cc1. The summed E-state index contributed by atoms with van der Waals surface area (Å²) in [6, 6.07) is 5.85. The molecule has 1 aliphatic rings. The Bertz CT molecular complexity index is 436. The van der Waals surface area contributed by atoms with Gasteiger partial charge in [0.05, 0.1) is 0 Å². The zero-order chi connectivity index (χ0) is 13.8. The zero-order valence-electron chi connectivity index (χ0n) is 11.0. The summed E-state index contributed by atoms with van der Waals surface area (Å²) < 4.78 is 18.1. The van der Waals surface area contributed by atoms with Crippen molar-refractivity contribution in [3.05, 3.63) is 30.1 Å². The van der Waals surface area contributed by atoms with Crippen molar-refractivity contribution < 1.29 is 13.9 Å². The summed E-state index contributed by atoms with van der Waals surface area (Å²) in [7, 11) is 0. The van der Waals surface area contributed by atoms with Crippen molar-refractivity contribution in [2.45, 2.75) is 19.4 Å². The lowest BCUT2D eigenvalue weighted by Gasteiger charge is -2.21. The van der Waals surface area contributed by atoms with E-state index in [-0.39, 0.29) is 24.4 Å². The number of likely N-dealkylation sites (tertiary alicyclic amines) is 1. The van der Waals surface area contributed by atoms with E-state index in [0.717, 1.165) is 6.42 Å². The molecule has 0 saturated carbocycles. The molecule has 5 heteroatoms. The number of nitrogens with two attached hydrogens (primary N) is 1. The van der Waals surface area contributed by atoms with Crippen LogP contribution in [0.4, 0.5) is 4.39 Å². The van der Waals surface area contributed by atoms with Crippen LogP contribution >= 0.6 is 0 Å². The molecule has 1 aromatic rings. The van der Waals surface area contributed by atoms with E-state index in [2.05, 4.69) is 0 Å². The molecule has 19 heavy (non-hydrogen) atoms. The summed E-state index contributed by atoms with van der Waals surface area (Å²) in [4.78, 5) is 13.9. The molecule has 1 aliphatic heterocycles. The predicted octanol–water partition coefficient (Wildman–Crippen LogP) is 1.40. The normalized spacial score (nSPS) is 22.6. The third-order valence-electron chi connectivity index (χ3n) is 3.49. The number of carbonyl (C=O) groups is 1. The summed E-state index contributed by atoms with van der Waals surface area (Å²) in [6.45, 7) is 3.30. The number of rotatable bonds is 4. The van der Waals surface area contributed by atoms with Gasteiger partial charge in [-0.25, -0.2) is 4.39 Å². The van der Waals surface area contributed by atoms with Crippen LogP contribution in [0.5, 0.6) is 5.75 Å². The van der Waals surface area contributed by atoms with Gasteiger partial charge in [0.15, 0.2) is 6.61 Å². The van der Waals surface area contributed by atoms with Crippen LogP contribution in [-0.4, -0.2) is 36.5 Å². The molecule has 104 valence electrons. The number of amides is 1. The third-order valence-corrected chi connectivity index (χ3v) is 3.49. The molecule has 1 fully saturated rings. The maximum atomic E-state index is 12.7. The molecule has 1 heterocycles. The van der Waals surface area contributed by atoms with E-state index < -0.39 is 0 Å². The van der Waals surface area contributed by atoms with Crippen molar-refractivity contribution in [2.75, 3.05) is 19.7 Å². The van der Waals surface area contributed by atoms with Crippen LogP contribution in [0, 0.1) is 11.7 Å². The first kappa shape index (κ1) is 13.8. The Morgan fingerprint density at radius 2 is 2.16 bits per heavy atom. The summed E-state index contributed by atoms with van der Waals surface area (Å²) in [5.41, 5.74) is 5.63. The average Bonchev–Trinajstić information content (AvgIpc) is 2.79. The molecular weight excluding hydrogens is 247 g/mol. The maximum Gasteiger partial charge on any atom is 0.260 e. The third kappa shape index (κ3) is 3.44. The first-order chi connectivity index (χ1) is 9.10. The number of benzene rings is 1. The monoisotopic (exact) mass is 266 g/mol. The lowest BCUT2D eigenvalue weighted by molar-refractivity contribution is -0.134. The lowest BCUT2D eigenvalue weighted by Crippen LogP contribution is -2.37. The Kier molecular flexibility index (Phi) is 4.37. The van der Waals surface area contributed by atoms with Crippen LogP contribution in [0.25, 0.3) is 0 Å². The Hall–Kier alpha value is -1.62. The van der Waals surface area contributed by atoms with Gasteiger partial charge in [-0.3, -0.25) is 4.79 Å². The largest absolute Gasteiger partial charge is 0.484 e. The second kappa shape index (κ2) is 6.02. The number of carbonyl (C=O) groups excluding carboxylic acids is 1. The second-order valence-corrected chi connectivity index (χ2v) is 4.98. The smallest absolute Gasteiger partial charge is 0.260 e. The van der Waals surface area contributed by atoms with Gasteiger partial charge in [-0.2, -0.15) is 0 Å². The van der Waals surface area contributed by atoms with Gasteiger partial charge in [-0.05, 0) is 50.1 Å². The van der Waals surface area contributed by atoms with Crippen molar-refractivity contribution in [1.82, 2.24) is 4.90 Å². The number of ether oxygens (including phenoxy) is 1. The first-order valence-electron chi connectivity index (χ1n) is 6.48. The van der Waals surface area contributed by atoms with Gasteiger partial charge in [-0.15, -0.1) is 0 Å². The Morgan fingerprint density at radius 1 is 1.47 bits per heavy atom. The highest BCUT2D eigenvalue weighted by molar-refractivity contribution is 5.78. The lowest BCUT2D eigenvalue weighted by atomic mass is 10.1. The van der Waals surface area contributed by atoms with Crippen molar-refractivity contribution in [1.29, 1.82) is 0 Å². The fraction of sp³-hybridized carbons (Fsp3) is 0.500. The van der Waals surface area contributed by atoms with Crippen molar-refractivity contribution in [3.8, 4) is 5.75 Å². The molecule has 1 amide bonds. The van der Waals surface area contributed by atoms with E-state index in [1.807, 2.05) is 6.92 Å². The summed E-state index contributed by atoms with van der Waals surface area (Å²) in [6.07, 6.45) is 0.943. The molecule has 2 N–H and O–H groups in total. The topological polar surface area (TPSA) is 55.6 Å². The number of halogens is 1. The van der Waals surface area contributed by atoms with Crippen LogP contribution < -0.4 is 10.5 Å². The summed E-state index contributed by atoms with van der Waals surface area (Å²) in [5.74, 6) is 0.507. The van der Waals surface area contributed by atoms with E-state index in [0.29, 0.717) is 24.8 Å². The van der Waals surface area contributed by atoms with Gasteiger partial charge >= 0.3 is 0 Å². The molecule has 0 aromatic heterocycles. The van der Waals surface area contributed by atoms with E-state index in [4.69, 9.17) is 10.5 Å². The molecule has 0 radical (unpaired) electrons. The first-order valence-corrected chi connectivity index (χ1v) is 6.48. The van der Waals surface area contributed by atoms with Gasteiger partial charge in [-0.1, -0.05) is 0 Å². The molecule has 0 spiro atoms. The Balaban J connectivity index is 1.86. The molecule has 2 rings (SSSR count). The minimum Gasteiger partial charge on any atom is -0.484 e. The number of hydrogen-bond acceptors (Lipinski definition) is 3. The quantitative estimate of drug-likeness (QED) is 0.896. The summed E-state index contributed by atoms with van der Waals surface area (Å²) in [5, 5.41) is 0. The van der Waals surface area contributed by atoms with Crippen LogP contribution in [0.15, 0.2) is 24.3 Å². The van der Waals surface area contributed by atoms with E-state index >= 15 is 0 Å². The van der Waals surface area contributed by atoms with Crippen LogP contribution in [-0.2, 0) is 4.79 Å². The molecule has 1 saturated heterocycles. The average molecular weight is 266 g/mol. The van der Waals surface area contributed by atoms with E-state index in [9.17, 15) is 9.18 Å². The van der Waals surface area contributed by atoms with Crippen molar-refractivity contribution in [2.24, 2.45) is 11.7 Å². The van der Waals surface area contributed by atoms with E-state index in [1.165, 1.54) is 24.3 Å². The van der Waals surface area contributed by atoms with Crippen molar-refractivity contribution in [3.63, 3.8) is 0 Å². The minimum absolute atomic E-state index is 0.0206. The highest BCUT2D eigenvalue weighted by Crippen LogP contribution is 2.22. The molecule has 2 unspecified atom stereocenters. The molecule has 1 aromatic carbocycles. The second-order valence-electron chi connectivity index (χ2n) is 4.98. The highest BCUT2D eigenvalue weighted by atomic mass is 19.1. The van der Waals surface area contributed by atoms with Gasteiger partial charge < -0.3 is 15.4 Å². The molecular formula is C14H19FN2O2. The molecule has 4 nitrogen and oxygen atoms in total. The Morgan fingerprint density at radius 3 is 2.74 bits per heavy atom. The maximum absolute atomic E-state index is 12.7. The van der Waals surface area contributed by atoms with E-state index in [1.54, 1.807) is 4.90 Å². The zero-order valence-corrected chi connectivity index (χ0v) is 11.0. The van der Waals surface area contributed by atoms with Gasteiger partial charge in [0.2, 0.25) is 0 Å². The van der Waals surface area contributed by atoms with Crippen LogP contribution in [0.3, 0.4) is 0 Å². The fourth-order valence-electron chi connectivity index (χ4n) is 2.42. The number of nitrogens with zero attached hydrogens (tertiary/aromatic N) is 1. The number of hydrogen-bond donors (Lipinski definition) is 1.